The first-order chi connectivity index (χ1) is 9.02. The van der Waals surface area contributed by atoms with Crippen LogP contribution >= 0.6 is 11.3 Å². The van der Waals surface area contributed by atoms with Gasteiger partial charge >= 0.3 is 0 Å². The van der Waals surface area contributed by atoms with Crippen molar-refractivity contribution in [3.8, 4) is 0 Å². The van der Waals surface area contributed by atoms with Gasteiger partial charge in [0.25, 0.3) is 11.6 Å². The summed E-state index contributed by atoms with van der Waals surface area (Å²) in [5.74, 6) is 1.48. The lowest BCUT2D eigenvalue weighted by molar-refractivity contribution is -0.698. The molecule has 0 fully saturated rings. The molecule has 8 heteroatoms. The summed E-state index contributed by atoms with van der Waals surface area (Å²) in [7, 11) is 1.97. The molecule has 21 heavy (non-hydrogen) atoms. The van der Waals surface area contributed by atoms with Crippen LogP contribution < -0.4 is 39.7 Å². The SMILES string of the molecule is Cc1nc(N)c(C[n+]2csc(CCO)c2C)c[n+]1C.[Cl-].[Cl-]. The minimum absolute atomic E-state index is 0. The average molecular weight is 351 g/mol. The molecule has 2 aromatic rings. The van der Waals surface area contributed by atoms with Crippen molar-refractivity contribution in [3.05, 3.63) is 33.7 Å². The molecule has 0 aliphatic carbocycles. The summed E-state index contributed by atoms with van der Waals surface area (Å²) in [5, 5.41) is 9.02. The smallest absolute Gasteiger partial charge is 0.297 e. The minimum atomic E-state index is 0. The van der Waals surface area contributed by atoms with Crippen LogP contribution in [-0.4, -0.2) is 16.7 Å². The normalized spacial score (nSPS) is 9.90. The van der Waals surface area contributed by atoms with E-state index in [2.05, 4.69) is 22.0 Å². The fraction of sp³-hybridized carbons (Fsp3) is 0.462. The van der Waals surface area contributed by atoms with E-state index in [1.807, 2.05) is 24.7 Å². The molecule has 2 heterocycles. The highest BCUT2D eigenvalue weighted by atomic mass is 35.5. The Morgan fingerprint density at radius 1 is 1.33 bits per heavy atom. The Hall–Kier alpha value is -0.950. The van der Waals surface area contributed by atoms with Gasteiger partial charge in [-0.3, -0.25) is 0 Å². The third-order valence-corrected chi connectivity index (χ3v) is 4.45. The molecule has 0 radical (unpaired) electrons. The number of rotatable bonds is 4. The molecule has 0 bridgehead atoms. The van der Waals surface area contributed by atoms with Crippen LogP contribution in [0, 0.1) is 13.8 Å². The molecule has 2 rings (SSSR count). The Bertz CT molecular complexity index is 604. The number of aromatic nitrogens is 3. The lowest BCUT2D eigenvalue weighted by Gasteiger charge is -2.00. The summed E-state index contributed by atoms with van der Waals surface area (Å²) >= 11 is 1.67. The molecule has 2 aromatic heterocycles. The van der Waals surface area contributed by atoms with Crippen LogP contribution in [0.15, 0.2) is 11.7 Å². The van der Waals surface area contributed by atoms with Crippen molar-refractivity contribution in [2.24, 2.45) is 7.05 Å². The molecule has 5 nitrogen and oxygen atoms in total. The van der Waals surface area contributed by atoms with E-state index >= 15 is 0 Å². The quantitative estimate of drug-likeness (QED) is 0.539. The second-order valence-corrected chi connectivity index (χ2v) is 5.58. The van der Waals surface area contributed by atoms with E-state index in [9.17, 15) is 0 Å². The molecule has 0 atom stereocenters. The number of nitrogen functional groups attached to an aromatic ring is 1. The van der Waals surface area contributed by atoms with E-state index in [4.69, 9.17) is 10.8 Å². The highest BCUT2D eigenvalue weighted by Crippen LogP contribution is 2.13. The maximum atomic E-state index is 9.02. The molecule has 118 valence electrons. The maximum absolute atomic E-state index is 9.02. The number of nitrogens with two attached hydrogens (primary N) is 1. The molecular weight excluding hydrogens is 331 g/mol. The van der Waals surface area contributed by atoms with Crippen LogP contribution in [0.3, 0.4) is 0 Å². The van der Waals surface area contributed by atoms with Crippen LogP contribution in [0.4, 0.5) is 5.82 Å². The molecule has 0 saturated carbocycles. The van der Waals surface area contributed by atoms with E-state index in [1.165, 1.54) is 10.6 Å². The summed E-state index contributed by atoms with van der Waals surface area (Å²) in [5.41, 5.74) is 10.2. The fourth-order valence-electron chi connectivity index (χ4n) is 1.97. The fourth-order valence-corrected chi connectivity index (χ4v) is 2.96. The first-order valence-electron chi connectivity index (χ1n) is 6.21. The van der Waals surface area contributed by atoms with Gasteiger partial charge < -0.3 is 35.7 Å². The number of aliphatic hydroxyl groups is 1. The molecule has 0 spiro atoms. The van der Waals surface area contributed by atoms with Gasteiger partial charge in [-0.25, -0.2) is 4.57 Å². The average Bonchev–Trinajstić information content (AvgIpc) is 2.69. The summed E-state index contributed by atoms with van der Waals surface area (Å²) in [6.07, 6.45) is 2.73. The van der Waals surface area contributed by atoms with Gasteiger partial charge in [-0.05, 0) is 4.98 Å². The van der Waals surface area contributed by atoms with Crippen LogP contribution in [0.25, 0.3) is 0 Å². The predicted octanol–water partition coefficient (Wildman–Crippen LogP) is -5.95. The van der Waals surface area contributed by atoms with E-state index in [1.54, 1.807) is 11.3 Å². The van der Waals surface area contributed by atoms with Gasteiger partial charge in [0, 0.05) is 26.9 Å². The maximum Gasteiger partial charge on any atom is 0.297 e. The molecule has 0 saturated heterocycles. The number of hydrogen-bond acceptors (Lipinski definition) is 4. The molecule has 0 aliphatic rings. The van der Waals surface area contributed by atoms with Gasteiger partial charge in [-0.2, -0.15) is 4.57 Å². The molecule has 0 amide bonds. The van der Waals surface area contributed by atoms with Gasteiger partial charge in [-0.1, -0.05) is 11.3 Å². The molecule has 0 unspecified atom stereocenters. The van der Waals surface area contributed by atoms with Crippen LogP contribution in [0.1, 0.15) is 22.0 Å². The van der Waals surface area contributed by atoms with Gasteiger partial charge in [-0.15, -0.1) is 0 Å². The van der Waals surface area contributed by atoms with Crippen molar-refractivity contribution in [2.45, 2.75) is 26.8 Å². The van der Waals surface area contributed by atoms with Gasteiger partial charge in [0.05, 0.1) is 11.9 Å². The third kappa shape index (κ3) is 4.51. The summed E-state index contributed by atoms with van der Waals surface area (Å²) < 4.78 is 4.13. The lowest BCUT2D eigenvalue weighted by atomic mass is 10.2. The molecule has 0 aliphatic heterocycles. The monoisotopic (exact) mass is 350 g/mol. The lowest BCUT2D eigenvalue weighted by Crippen LogP contribution is -3.00. The Labute approximate surface area is 141 Å². The second-order valence-electron chi connectivity index (χ2n) is 4.64. The van der Waals surface area contributed by atoms with Crippen molar-refractivity contribution in [3.63, 3.8) is 0 Å². The standard InChI is InChI=1S/C13H19N4OS.2ClH/c1-9-12(4-5-18)19-8-17(9)7-11-6-16(3)10(2)15-13(11)14;;/h6,8,14,18H,4-5,7H2,1-3H3;2*1H/q+1;;/p-1. The number of nitrogens with zero attached hydrogens (tertiary/aromatic N) is 3. The zero-order valence-electron chi connectivity index (χ0n) is 12.3. The van der Waals surface area contributed by atoms with E-state index in [0.29, 0.717) is 18.8 Å². The van der Waals surface area contributed by atoms with E-state index < -0.39 is 0 Å². The molecule has 0 aromatic carbocycles. The Kier molecular flexibility index (Phi) is 8.10. The van der Waals surface area contributed by atoms with Crippen molar-refractivity contribution in [1.29, 1.82) is 0 Å². The highest BCUT2D eigenvalue weighted by molar-refractivity contribution is 7.09. The third-order valence-electron chi connectivity index (χ3n) is 3.31. The Balaban J connectivity index is 0.00000200. The summed E-state index contributed by atoms with van der Waals surface area (Å²) in [6.45, 7) is 4.90. The second kappa shape index (κ2) is 8.48. The molecular formula is C13H20Cl2N4OS. The largest absolute Gasteiger partial charge is 1.00 e. The van der Waals surface area contributed by atoms with E-state index in [-0.39, 0.29) is 31.4 Å². The highest BCUT2D eigenvalue weighted by Gasteiger charge is 2.20. The Morgan fingerprint density at radius 3 is 2.62 bits per heavy atom. The number of hydrogen-bond donors (Lipinski definition) is 2. The number of aliphatic hydroxyl groups excluding tert-OH is 1. The van der Waals surface area contributed by atoms with Crippen LogP contribution in [0.5, 0.6) is 0 Å². The Morgan fingerprint density at radius 2 is 2.00 bits per heavy atom. The van der Waals surface area contributed by atoms with Crippen LogP contribution in [-0.2, 0) is 20.0 Å². The number of anilines is 1. The van der Waals surface area contributed by atoms with Crippen molar-refractivity contribution < 1.29 is 39.1 Å². The topological polar surface area (TPSA) is 66.9 Å². The first-order valence-corrected chi connectivity index (χ1v) is 7.09. The predicted molar refractivity (Wildman–Crippen MR) is 73.7 cm³/mol. The number of halogens is 2. The van der Waals surface area contributed by atoms with Gasteiger partial charge in [0.2, 0.25) is 5.51 Å². The minimum Gasteiger partial charge on any atom is -1.00 e. The zero-order chi connectivity index (χ0) is 14.0. The number of aryl methyl sites for hydroxylation is 2. The first kappa shape index (κ1) is 20.1. The van der Waals surface area contributed by atoms with Crippen molar-refractivity contribution >= 4 is 17.2 Å². The molecule has 3 N–H and O–H groups in total. The summed E-state index contributed by atoms with van der Waals surface area (Å²) in [4.78, 5) is 5.55. The van der Waals surface area contributed by atoms with Gasteiger partial charge in [0.15, 0.2) is 12.2 Å². The van der Waals surface area contributed by atoms with Crippen molar-refractivity contribution in [1.82, 2.24) is 4.98 Å². The summed E-state index contributed by atoms with van der Waals surface area (Å²) in [6, 6.07) is 0. The van der Waals surface area contributed by atoms with E-state index in [0.717, 1.165) is 11.4 Å². The van der Waals surface area contributed by atoms with Gasteiger partial charge in [0.1, 0.15) is 11.8 Å². The van der Waals surface area contributed by atoms with Crippen LogP contribution in [0.2, 0.25) is 0 Å². The van der Waals surface area contributed by atoms with Crippen molar-refractivity contribution in [2.75, 3.05) is 12.3 Å². The number of thiazole rings is 1. The zero-order valence-corrected chi connectivity index (χ0v) is 14.6.